The molecule has 4 rings (SSSR count). The second kappa shape index (κ2) is 9.63. The minimum absolute atomic E-state index is 0.0686. The Morgan fingerprint density at radius 1 is 0.938 bits per heavy atom. The molecular formula is C25H24N2O3S2. The maximum Gasteiger partial charge on any atom is 0.229 e. The summed E-state index contributed by atoms with van der Waals surface area (Å²) in [5.74, 6) is -0.199. The largest absolute Gasteiger partial charge is 0.284 e. The van der Waals surface area contributed by atoms with Gasteiger partial charge in [0.2, 0.25) is 5.91 Å². The molecule has 1 amide bonds. The summed E-state index contributed by atoms with van der Waals surface area (Å²) in [6.07, 6.45) is 0.388. The first-order valence-electron chi connectivity index (χ1n) is 10.4. The van der Waals surface area contributed by atoms with Gasteiger partial charge in [-0.3, -0.25) is 9.69 Å². The average Bonchev–Trinajstić information content (AvgIpc) is 3.24. The van der Waals surface area contributed by atoms with Crippen molar-refractivity contribution in [1.82, 2.24) is 4.98 Å². The first-order chi connectivity index (χ1) is 15.4. The minimum atomic E-state index is -3.42. The summed E-state index contributed by atoms with van der Waals surface area (Å²) < 4.78 is 26.2. The van der Waals surface area contributed by atoms with Gasteiger partial charge in [0.1, 0.15) is 0 Å². The van der Waals surface area contributed by atoms with Gasteiger partial charge in [-0.1, -0.05) is 72.0 Å². The molecule has 0 unspecified atom stereocenters. The predicted octanol–water partition coefficient (Wildman–Crippen LogP) is 5.39. The van der Waals surface area contributed by atoms with E-state index in [9.17, 15) is 13.2 Å². The molecule has 0 saturated carbocycles. The van der Waals surface area contributed by atoms with Gasteiger partial charge in [-0.2, -0.15) is 0 Å². The topological polar surface area (TPSA) is 67.3 Å². The number of anilines is 1. The Kier molecular flexibility index (Phi) is 6.67. The van der Waals surface area contributed by atoms with Crippen molar-refractivity contribution >= 4 is 42.4 Å². The molecule has 0 saturated heterocycles. The summed E-state index contributed by atoms with van der Waals surface area (Å²) in [5, 5.41) is 0.633. The Hall–Kier alpha value is -3.03. The Morgan fingerprint density at radius 2 is 1.62 bits per heavy atom. The van der Waals surface area contributed by atoms with E-state index in [1.54, 1.807) is 35.2 Å². The van der Waals surface area contributed by atoms with Gasteiger partial charge in [0.15, 0.2) is 15.0 Å². The van der Waals surface area contributed by atoms with Gasteiger partial charge in [0.25, 0.3) is 0 Å². The van der Waals surface area contributed by atoms with Crippen molar-refractivity contribution in [2.24, 2.45) is 0 Å². The quantitative estimate of drug-likeness (QED) is 0.351. The third kappa shape index (κ3) is 5.06. The van der Waals surface area contributed by atoms with E-state index in [1.165, 1.54) is 11.3 Å². The van der Waals surface area contributed by atoms with Crippen molar-refractivity contribution in [3.05, 3.63) is 90.0 Å². The molecule has 32 heavy (non-hydrogen) atoms. The third-order valence-corrected chi connectivity index (χ3v) is 8.09. The Bertz CT molecular complexity index is 1320. The molecule has 7 heteroatoms. The van der Waals surface area contributed by atoms with Crippen molar-refractivity contribution in [2.45, 2.75) is 31.2 Å². The normalized spacial score (nSPS) is 11.5. The molecule has 1 heterocycles. The Morgan fingerprint density at radius 3 is 2.31 bits per heavy atom. The summed E-state index contributed by atoms with van der Waals surface area (Å²) in [7, 11) is -3.42. The van der Waals surface area contributed by atoms with Gasteiger partial charge < -0.3 is 0 Å². The number of amides is 1. The lowest BCUT2D eigenvalue weighted by molar-refractivity contribution is -0.118. The second-order valence-electron chi connectivity index (χ2n) is 7.62. The first kappa shape index (κ1) is 22.2. The highest BCUT2D eigenvalue weighted by Crippen LogP contribution is 2.32. The highest BCUT2D eigenvalue weighted by Gasteiger charge is 2.22. The number of hydrogen-bond acceptors (Lipinski definition) is 5. The number of aromatic nitrogens is 1. The summed E-state index contributed by atoms with van der Waals surface area (Å²) in [5.41, 5.74) is 2.95. The number of nitrogens with zero attached hydrogens (tertiary/aromatic N) is 2. The monoisotopic (exact) mass is 464 g/mol. The van der Waals surface area contributed by atoms with E-state index in [-0.39, 0.29) is 29.4 Å². The number of para-hydroxylation sites is 1. The number of fused-ring (bicyclic) bond motifs is 1. The molecule has 0 N–H and O–H groups in total. The van der Waals surface area contributed by atoms with Crippen LogP contribution in [0.1, 0.15) is 24.0 Å². The van der Waals surface area contributed by atoms with Crippen LogP contribution in [0.25, 0.3) is 10.2 Å². The van der Waals surface area contributed by atoms with Crippen molar-refractivity contribution in [3.63, 3.8) is 0 Å². The van der Waals surface area contributed by atoms with Crippen LogP contribution >= 0.6 is 11.3 Å². The van der Waals surface area contributed by atoms with E-state index < -0.39 is 9.84 Å². The van der Waals surface area contributed by atoms with Crippen molar-refractivity contribution in [3.8, 4) is 0 Å². The summed E-state index contributed by atoms with van der Waals surface area (Å²) in [6.45, 7) is 2.40. The zero-order chi connectivity index (χ0) is 22.6. The number of hydrogen-bond donors (Lipinski definition) is 0. The summed E-state index contributed by atoms with van der Waals surface area (Å²) in [6, 6.07) is 24.1. The number of sulfone groups is 1. The van der Waals surface area contributed by atoms with Crippen LogP contribution < -0.4 is 4.90 Å². The van der Waals surface area contributed by atoms with Crippen LogP contribution in [-0.2, 0) is 21.2 Å². The van der Waals surface area contributed by atoms with E-state index in [4.69, 9.17) is 4.98 Å². The van der Waals surface area contributed by atoms with E-state index in [1.807, 2.05) is 55.5 Å². The molecule has 0 fully saturated rings. The fourth-order valence-electron chi connectivity index (χ4n) is 3.51. The molecule has 0 aliphatic rings. The van der Waals surface area contributed by atoms with Gasteiger partial charge >= 0.3 is 0 Å². The van der Waals surface area contributed by atoms with Gasteiger partial charge in [-0.05, 0) is 42.7 Å². The van der Waals surface area contributed by atoms with E-state index in [2.05, 4.69) is 0 Å². The number of benzene rings is 3. The van der Waals surface area contributed by atoms with E-state index in [0.717, 1.165) is 21.3 Å². The Labute approximate surface area is 192 Å². The molecule has 5 nitrogen and oxygen atoms in total. The van der Waals surface area contributed by atoms with Crippen molar-refractivity contribution in [2.75, 3.05) is 10.7 Å². The van der Waals surface area contributed by atoms with Crippen molar-refractivity contribution in [1.29, 1.82) is 0 Å². The summed E-state index contributed by atoms with van der Waals surface area (Å²) >= 11 is 1.48. The van der Waals surface area contributed by atoms with Crippen LogP contribution in [0.2, 0.25) is 0 Å². The molecule has 0 radical (unpaired) electrons. The smallest absolute Gasteiger partial charge is 0.229 e. The van der Waals surface area contributed by atoms with Crippen molar-refractivity contribution < 1.29 is 13.2 Å². The van der Waals surface area contributed by atoms with E-state index in [0.29, 0.717) is 11.7 Å². The number of aryl methyl sites for hydroxylation is 1. The molecule has 0 spiro atoms. The maximum atomic E-state index is 13.2. The molecule has 0 atom stereocenters. The molecule has 4 aromatic rings. The SMILES string of the molecule is Cc1cccc2sc(N(Cc3ccccc3)C(=O)CCCS(=O)(=O)c3ccccc3)nc12. The fourth-order valence-corrected chi connectivity index (χ4v) is 5.90. The first-order valence-corrected chi connectivity index (χ1v) is 12.9. The zero-order valence-electron chi connectivity index (χ0n) is 17.8. The number of carbonyl (C=O) groups is 1. The van der Waals surface area contributed by atoms with Crippen LogP contribution in [0.3, 0.4) is 0 Å². The molecule has 0 aliphatic heterocycles. The van der Waals surface area contributed by atoms with Crippen LogP contribution in [0.15, 0.2) is 83.8 Å². The number of carbonyl (C=O) groups excluding carboxylic acids is 1. The Balaban J connectivity index is 1.54. The number of rotatable bonds is 8. The van der Waals surface area contributed by atoms with Gasteiger partial charge in [-0.15, -0.1) is 0 Å². The lowest BCUT2D eigenvalue weighted by atomic mass is 10.2. The highest BCUT2D eigenvalue weighted by atomic mass is 32.2. The van der Waals surface area contributed by atoms with Crippen LogP contribution in [0, 0.1) is 6.92 Å². The molecule has 3 aromatic carbocycles. The summed E-state index contributed by atoms with van der Waals surface area (Å²) in [4.78, 5) is 19.9. The van der Waals surface area contributed by atoms with Gasteiger partial charge in [-0.25, -0.2) is 13.4 Å². The number of thiazole rings is 1. The molecule has 0 bridgehead atoms. The van der Waals surface area contributed by atoms with E-state index >= 15 is 0 Å². The minimum Gasteiger partial charge on any atom is -0.284 e. The molecule has 1 aromatic heterocycles. The van der Waals surface area contributed by atoms with Crippen LogP contribution in [0.5, 0.6) is 0 Å². The maximum absolute atomic E-state index is 13.2. The molecule has 0 aliphatic carbocycles. The lowest BCUT2D eigenvalue weighted by Crippen LogP contribution is -2.30. The average molecular weight is 465 g/mol. The standard InChI is InChI=1S/C25H24N2O3S2/c1-19-10-8-15-22-24(19)26-25(31-22)27(18-20-11-4-2-5-12-20)23(28)16-9-17-32(29,30)21-13-6-3-7-14-21/h2-8,10-15H,9,16-18H2,1H3. The molecule has 164 valence electrons. The van der Waals surface area contributed by atoms with Gasteiger partial charge in [0, 0.05) is 6.42 Å². The van der Waals surface area contributed by atoms with Crippen LogP contribution in [-0.4, -0.2) is 25.1 Å². The third-order valence-electron chi connectivity index (χ3n) is 5.23. The second-order valence-corrected chi connectivity index (χ2v) is 10.7. The fraction of sp³-hybridized carbons (Fsp3) is 0.200. The molecular weight excluding hydrogens is 440 g/mol. The highest BCUT2D eigenvalue weighted by molar-refractivity contribution is 7.91. The van der Waals surface area contributed by atoms with Crippen LogP contribution in [0.4, 0.5) is 5.13 Å². The van der Waals surface area contributed by atoms with Gasteiger partial charge in [0.05, 0.1) is 27.4 Å². The predicted molar refractivity (Wildman–Crippen MR) is 130 cm³/mol. The zero-order valence-corrected chi connectivity index (χ0v) is 19.4. The lowest BCUT2D eigenvalue weighted by Gasteiger charge is -2.20.